The van der Waals surface area contributed by atoms with Gasteiger partial charge in [0.25, 0.3) is 0 Å². The third-order valence-electron chi connectivity index (χ3n) is 1.92. The Balaban J connectivity index is 3.09. The number of rotatable bonds is 1. The number of halogens is 1. The van der Waals surface area contributed by atoms with Gasteiger partial charge in [-0.15, -0.1) is 0 Å². The van der Waals surface area contributed by atoms with Crippen molar-refractivity contribution in [3.63, 3.8) is 0 Å². The van der Waals surface area contributed by atoms with Crippen molar-refractivity contribution in [2.75, 3.05) is 0 Å². The summed E-state index contributed by atoms with van der Waals surface area (Å²) in [4.78, 5) is 0. The van der Waals surface area contributed by atoms with Gasteiger partial charge in [-0.2, -0.15) is 5.10 Å². The summed E-state index contributed by atoms with van der Waals surface area (Å²) >= 11 is 5.51. The Morgan fingerprint density at radius 1 is 1.46 bits per heavy atom. The molecule has 0 unspecified atom stereocenters. The standard InChI is InChI=1S/C10H15ClN2/c1-10(2,3)9-7-8(5-6-11)13(4)12-9/h5-7H,1-4H3/b6-5+. The maximum absolute atomic E-state index is 5.51. The monoisotopic (exact) mass is 198 g/mol. The van der Waals surface area contributed by atoms with E-state index < -0.39 is 0 Å². The Kier molecular flexibility index (Phi) is 2.81. The van der Waals surface area contributed by atoms with Crippen molar-refractivity contribution in [3.8, 4) is 0 Å². The molecule has 1 rings (SSSR count). The van der Waals surface area contributed by atoms with Crippen molar-refractivity contribution >= 4 is 17.7 Å². The first-order valence-electron chi connectivity index (χ1n) is 4.26. The summed E-state index contributed by atoms with van der Waals surface area (Å²) in [7, 11) is 1.92. The van der Waals surface area contributed by atoms with Gasteiger partial charge in [-0.25, -0.2) is 0 Å². The summed E-state index contributed by atoms with van der Waals surface area (Å²) in [5.74, 6) is 0. The Morgan fingerprint density at radius 3 is 2.46 bits per heavy atom. The fourth-order valence-electron chi connectivity index (χ4n) is 1.07. The zero-order chi connectivity index (χ0) is 10.1. The Morgan fingerprint density at radius 2 is 2.08 bits per heavy atom. The van der Waals surface area contributed by atoms with Crippen molar-refractivity contribution in [2.45, 2.75) is 26.2 Å². The van der Waals surface area contributed by atoms with Crippen LogP contribution in [0.15, 0.2) is 11.6 Å². The molecular formula is C10H15ClN2. The van der Waals surface area contributed by atoms with Gasteiger partial charge in [0.05, 0.1) is 11.4 Å². The van der Waals surface area contributed by atoms with E-state index in [2.05, 4.69) is 31.9 Å². The first kappa shape index (κ1) is 10.3. The minimum Gasteiger partial charge on any atom is -0.268 e. The molecule has 3 heteroatoms. The lowest BCUT2D eigenvalue weighted by molar-refractivity contribution is 0.553. The van der Waals surface area contributed by atoms with Crippen molar-refractivity contribution in [1.29, 1.82) is 0 Å². The van der Waals surface area contributed by atoms with Crippen LogP contribution in [0.3, 0.4) is 0 Å². The molecule has 0 saturated heterocycles. The minimum atomic E-state index is 0.0934. The van der Waals surface area contributed by atoms with Crippen LogP contribution in [0.2, 0.25) is 0 Å². The molecule has 0 amide bonds. The highest BCUT2D eigenvalue weighted by molar-refractivity contribution is 6.27. The molecule has 0 bridgehead atoms. The summed E-state index contributed by atoms with van der Waals surface area (Å²) in [6, 6.07) is 2.05. The smallest absolute Gasteiger partial charge is 0.0684 e. The van der Waals surface area contributed by atoms with Crippen LogP contribution in [0.4, 0.5) is 0 Å². The second-order valence-electron chi connectivity index (χ2n) is 4.12. The largest absolute Gasteiger partial charge is 0.268 e. The molecule has 2 nitrogen and oxygen atoms in total. The molecule has 1 aromatic heterocycles. The SMILES string of the molecule is Cn1nc(C(C)(C)C)cc1/C=C/Cl. The lowest BCUT2D eigenvalue weighted by atomic mass is 9.92. The third kappa shape index (κ3) is 2.34. The summed E-state index contributed by atoms with van der Waals surface area (Å²) < 4.78 is 1.83. The fraction of sp³-hybridized carbons (Fsp3) is 0.500. The van der Waals surface area contributed by atoms with E-state index in [1.165, 1.54) is 5.54 Å². The van der Waals surface area contributed by atoms with Gasteiger partial charge in [-0.05, 0) is 12.1 Å². The number of nitrogens with zero attached hydrogens (tertiary/aromatic N) is 2. The van der Waals surface area contributed by atoms with Gasteiger partial charge in [0, 0.05) is 18.0 Å². The Hall–Kier alpha value is -0.760. The van der Waals surface area contributed by atoms with Gasteiger partial charge in [-0.3, -0.25) is 4.68 Å². The summed E-state index contributed by atoms with van der Waals surface area (Å²) in [5.41, 5.74) is 3.71. The van der Waals surface area contributed by atoms with Crippen LogP contribution in [0.5, 0.6) is 0 Å². The van der Waals surface area contributed by atoms with Crippen molar-refractivity contribution < 1.29 is 0 Å². The van der Waals surface area contributed by atoms with Crippen LogP contribution < -0.4 is 0 Å². The maximum atomic E-state index is 5.51. The third-order valence-corrected chi connectivity index (χ3v) is 2.04. The quantitative estimate of drug-likeness (QED) is 0.679. The van der Waals surface area contributed by atoms with E-state index >= 15 is 0 Å². The predicted octanol–water partition coefficient (Wildman–Crippen LogP) is 2.93. The van der Waals surface area contributed by atoms with Crippen molar-refractivity contribution in [1.82, 2.24) is 9.78 Å². The highest BCUT2D eigenvalue weighted by Gasteiger charge is 2.17. The molecule has 1 aromatic rings. The van der Waals surface area contributed by atoms with E-state index in [1.807, 2.05) is 17.8 Å². The summed E-state index contributed by atoms with van der Waals surface area (Å²) in [5, 5.41) is 4.41. The van der Waals surface area contributed by atoms with E-state index in [0.29, 0.717) is 0 Å². The molecule has 0 spiro atoms. The Bertz CT molecular complexity index is 318. The average molecular weight is 199 g/mol. The highest BCUT2D eigenvalue weighted by atomic mass is 35.5. The highest BCUT2D eigenvalue weighted by Crippen LogP contribution is 2.21. The predicted molar refractivity (Wildman–Crippen MR) is 56.8 cm³/mol. The molecule has 0 atom stereocenters. The van der Waals surface area contributed by atoms with E-state index in [1.54, 1.807) is 0 Å². The second kappa shape index (κ2) is 3.54. The number of aromatic nitrogens is 2. The first-order valence-corrected chi connectivity index (χ1v) is 4.70. The average Bonchev–Trinajstić information content (AvgIpc) is 2.32. The zero-order valence-corrected chi connectivity index (χ0v) is 9.26. The van der Waals surface area contributed by atoms with Gasteiger partial charge < -0.3 is 0 Å². The minimum absolute atomic E-state index is 0.0934. The van der Waals surface area contributed by atoms with Crippen LogP contribution in [0.1, 0.15) is 32.2 Å². The maximum Gasteiger partial charge on any atom is 0.0684 e. The van der Waals surface area contributed by atoms with Crippen LogP contribution in [-0.2, 0) is 12.5 Å². The lowest BCUT2D eigenvalue weighted by Gasteiger charge is -2.13. The number of hydrogen-bond acceptors (Lipinski definition) is 1. The second-order valence-corrected chi connectivity index (χ2v) is 4.37. The molecule has 0 aromatic carbocycles. The molecule has 0 saturated carbocycles. The van der Waals surface area contributed by atoms with Crippen molar-refractivity contribution in [2.24, 2.45) is 7.05 Å². The van der Waals surface area contributed by atoms with Gasteiger partial charge in [0.15, 0.2) is 0 Å². The van der Waals surface area contributed by atoms with Crippen LogP contribution in [0.25, 0.3) is 6.08 Å². The van der Waals surface area contributed by atoms with Crippen molar-refractivity contribution in [3.05, 3.63) is 23.0 Å². The molecule has 0 fully saturated rings. The lowest BCUT2D eigenvalue weighted by Crippen LogP contribution is -2.12. The molecule has 0 radical (unpaired) electrons. The number of aryl methyl sites for hydroxylation is 1. The van der Waals surface area contributed by atoms with E-state index in [9.17, 15) is 0 Å². The Labute approximate surface area is 84.2 Å². The van der Waals surface area contributed by atoms with Gasteiger partial charge in [0.2, 0.25) is 0 Å². The van der Waals surface area contributed by atoms with Crippen LogP contribution in [-0.4, -0.2) is 9.78 Å². The zero-order valence-electron chi connectivity index (χ0n) is 8.50. The van der Waals surface area contributed by atoms with Crippen LogP contribution >= 0.6 is 11.6 Å². The van der Waals surface area contributed by atoms with E-state index in [4.69, 9.17) is 11.6 Å². The van der Waals surface area contributed by atoms with Gasteiger partial charge >= 0.3 is 0 Å². The summed E-state index contributed by atoms with van der Waals surface area (Å²) in [6.07, 6.45) is 1.84. The first-order chi connectivity index (χ1) is 5.95. The molecule has 0 N–H and O–H groups in total. The van der Waals surface area contributed by atoms with Gasteiger partial charge in [0.1, 0.15) is 0 Å². The molecule has 0 aliphatic heterocycles. The molecule has 1 heterocycles. The topological polar surface area (TPSA) is 17.8 Å². The molecular weight excluding hydrogens is 184 g/mol. The molecule has 13 heavy (non-hydrogen) atoms. The normalized spacial score (nSPS) is 12.7. The molecule has 72 valence electrons. The summed E-state index contributed by atoms with van der Waals surface area (Å²) in [6.45, 7) is 6.43. The van der Waals surface area contributed by atoms with E-state index in [-0.39, 0.29) is 5.41 Å². The molecule has 0 aliphatic rings. The van der Waals surface area contributed by atoms with Gasteiger partial charge in [-0.1, -0.05) is 32.4 Å². The molecule has 0 aliphatic carbocycles. The van der Waals surface area contributed by atoms with E-state index in [0.717, 1.165) is 11.4 Å². The fourth-order valence-corrected chi connectivity index (χ4v) is 1.20. The number of hydrogen-bond donors (Lipinski definition) is 0. The van der Waals surface area contributed by atoms with Crippen LogP contribution in [0, 0.1) is 0 Å².